The van der Waals surface area contributed by atoms with E-state index in [1.165, 1.54) is 0 Å². The Kier molecular flexibility index (Phi) is 5.91. The summed E-state index contributed by atoms with van der Waals surface area (Å²) in [5.41, 5.74) is 0.533. The highest BCUT2D eigenvalue weighted by Gasteiger charge is 2.35. The van der Waals surface area contributed by atoms with Crippen molar-refractivity contribution < 1.29 is 9.53 Å². The smallest absolute Gasteiger partial charge is 0.251 e. The van der Waals surface area contributed by atoms with E-state index >= 15 is 0 Å². The van der Waals surface area contributed by atoms with Crippen molar-refractivity contribution in [2.75, 3.05) is 6.61 Å². The van der Waals surface area contributed by atoms with Crippen LogP contribution >= 0.6 is 34.2 Å². The number of halogens is 2. The Balaban J connectivity index is 2.03. The topological polar surface area (TPSA) is 38.3 Å². The van der Waals surface area contributed by atoms with Crippen molar-refractivity contribution >= 4 is 40.1 Å². The lowest BCUT2D eigenvalue weighted by atomic mass is 9.86. The van der Waals surface area contributed by atoms with Crippen LogP contribution in [0.25, 0.3) is 0 Å². The van der Waals surface area contributed by atoms with E-state index in [1.807, 2.05) is 12.1 Å². The summed E-state index contributed by atoms with van der Waals surface area (Å²) in [6.45, 7) is 5.00. The van der Waals surface area contributed by atoms with Gasteiger partial charge in [-0.1, -0.05) is 25.4 Å². The van der Waals surface area contributed by atoms with Gasteiger partial charge in [0, 0.05) is 21.8 Å². The van der Waals surface area contributed by atoms with Gasteiger partial charge in [0.05, 0.1) is 10.6 Å². The van der Waals surface area contributed by atoms with Crippen LogP contribution in [0.5, 0.6) is 0 Å². The van der Waals surface area contributed by atoms with Crippen molar-refractivity contribution in [3.8, 4) is 0 Å². The summed E-state index contributed by atoms with van der Waals surface area (Å²) < 4.78 is 6.89. The number of hydrogen-bond donors (Lipinski definition) is 1. The normalized spacial score (nSPS) is 21.0. The largest absolute Gasteiger partial charge is 0.375 e. The van der Waals surface area contributed by atoms with Gasteiger partial charge in [0.1, 0.15) is 0 Å². The molecule has 0 saturated carbocycles. The van der Waals surface area contributed by atoms with Gasteiger partial charge in [-0.2, -0.15) is 0 Å². The molecule has 0 radical (unpaired) electrons. The van der Waals surface area contributed by atoms with Crippen LogP contribution in [0, 0.1) is 3.57 Å². The van der Waals surface area contributed by atoms with E-state index in [4.69, 9.17) is 16.3 Å². The Hall–Kier alpha value is -0.330. The standard InChI is InChI=1S/C16H21ClINO2/c1-3-16(4-2)10-12(7-8-21-16)19-15(20)11-5-6-14(18)13(17)9-11/h5-6,9,12H,3-4,7-8,10H2,1-2H3,(H,19,20). The van der Waals surface area contributed by atoms with E-state index in [0.29, 0.717) is 17.2 Å². The molecule has 1 aromatic carbocycles. The number of amides is 1. The maximum atomic E-state index is 12.4. The van der Waals surface area contributed by atoms with Crippen molar-refractivity contribution in [1.82, 2.24) is 5.32 Å². The third-order valence-corrected chi connectivity index (χ3v) is 5.87. The molecule has 1 aliphatic rings. The van der Waals surface area contributed by atoms with Gasteiger partial charge in [0.25, 0.3) is 5.91 Å². The van der Waals surface area contributed by atoms with Gasteiger partial charge in [-0.05, 0) is 66.5 Å². The first kappa shape index (κ1) is 17.0. The number of carbonyl (C=O) groups excluding carboxylic acids is 1. The second-order valence-corrected chi connectivity index (χ2v) is 7.10. The molecule has 3 nitrogen and oxygen atoms in total. The number of hydrogen-bond acceptors (Lipinski definition) is 2. The van der Waals surface area contributed by atoms with Crippen molar-refractivity contribution in [3.05, 3.63) is 32.4 Å². The van der Waals surface area contributed by atoms with Crippen LogP contribution in [-0.4, -0.2) is 24.2 Å². The monoisotopic (exact) mass is 421 g/mol. The van der Waals surface area contributed by atoms with Gasteiger partial charge in [-0.15, -0.1) is 0 Å². The quantitative estimate of drug-likeness (QED) is 0.731. The molecule has 5 heteroatoms. The van der Waals surface area contributed by atoms with Crippen LogP contribution in [-0.2, 0) is 4.74 Å². The van der Waals surface area contributed by atoms with Crippen LogP contribution in [0.15, 0.2) is 18.2 Å². The van der Waals surface area contributed by atoms with Crippen LogP contribution in [0.2, 0.25) is 5.02 Å². The Morgan fingerprint density at radius 1 is 1.48 bits per heavy atom. The average Bonchev–Trinajstić information content (AvgIpc) is 2.50. The summed E-state index contributed by atoms with van der Waals surface area (Å²) in [5, 5.41) is 3.74. The molecule has 21 heavy (non-hydrogen) atoms. The molecule has 1 heterocycles. The molecule has 1 aromatic rings. The molecule has 2 rings (SSSR count). The minimum atomic E-state index is -0.0834. The summed E-state index contributed by atoms with van der Waals surface area (Å²) >= 11 is 8.24. The van der Waals surface area contributed by atoms with Gasteiger partial charge in [-0.25, -0.2) is 0 Å². The Bertz CT molecular complexity index is 517. The third-order valence-electron chi connectivity index (χ3n) is 4.30. The van der Waals surface area contributed by atoms with E-state index in [1.54, 1.807) is 6.07 Å². The molecular weight excluding hydrogens is 401 g/mol. The highest BCUT2D eigenvalue weighted by atomic mass is 127. The number of rotatable bonds is 4. The van der Waals surface area contributed by atoms with Crippen LogP contribution in [0.4, 0.5) is 0 Å². The Labute approximate surface area is 144 Å². The minimum Gasteiger partial charge on any atom is -0.375 e. The van der Waals surface area contributed by atoms with Crippen molar-refractivity contribution in [1.29, 1.82) is 0 Å². The first-order valence-electron chi connectivity index (χ1n) is 7.39. The summed E-state index contributed by atoms with van der Waals surface area (Å²) in [4.78, 5) is 12.4. The number of benzene rings is 1. The third kappa shape index (κ3) is 4.11. The molecule has 116 valence electrons. The predicted molar refractivity (Wildman–Crippen MR) is 93.9 cm³/mol. The summed E-state index contributed by atoms with van der Waals surface area (Å²) in [6.07, 6.45) is 3.70. The van der Waals surface area contributed by atoms with Gasteiger partial charge in [0.15, 0.2) is 0 Å². The fourth-order valence-corrected chi connectivity index (χ4v) is 3.32. The molecule has 1 saturated heterocycles. The lowest BCUT2D eigenvalue weighted by molar-refractivity contribution is -0.0917. The van der Waals surface area contributed by atoms with Gasteiger partial charge in [0.2, 0.25) is 0 Å². The molecule has 1 aliphatic heterocycles. The van der Waals surface area contributed by atoms with E-state index in [0.717, 1.165) is 29.3 Å². The molecular formula is C16H21ClINO2. The lowest BCUT2D eigenvalue weighted by Crippen LogP contribution is -2.48. The summed E-state index contributed by atoms with van der Waals surface area (Å²) in [6, 6.07) is 5.58. The molecule has 1 amide bonds. The SMILES string of the molecule is CCC1(CC)CC(NC(=O)c2ccc(I)c(Cl)c2)CCO1. The second kappa shape index (κ2) is 7.29. The fourth-order valence-electron chi connectivity index (χ4n) is 2.80. The van der Waals surface area contributed by atoms with Gasteiger partial charge in [-0.3, -0.25) is 4.79 Å². The van der Waals surface area contributed by atoms with E-state index < -0.39 is 0 Å². The average molecular weight is 422 g/mol. The van der Waals surface area contributed by atoms with Crippen LogP contribution < -0.4 is 5.32 Å². The lowest BCUT2D eigenvalue weighted by Gasteiger charge is -2.40. The molecule has 0 aliphatic carbocycles. The molecule has 1 N–H and O–H groups in total. The van der Waals surface area contributed by atoms with Gasteiger partial charge >= 0.3 is 0 Å². The molecule has 1 atom stereocenters. The van der Waals surface area contributed by atoms with E-state index in [2.05, 4.69) is 41.8 Å². The number of nitrogens with one attached hydrogen (secondary N) is 1. The highest BCUT2D eigenvalue weighted by molar-refractivity contribution is 14.1. The zero-order chi connectivity index (χ0) is 15.5. The summed E-state index contributed by atoms with van der Waals surface area (Å²) in [7, 11) is 0. The Morgan fingerprint density at radius 3 is 2.81 bits per heavy atom. The molecule has 0 aromatic heterocycles. The minimum absolute atomic E-state index is 0.0543. The van der Waals surface area contributed by atoms with Crippen molar-refractivity contribution in [3.63, 3.8) is 0 Å². The zero-order valence-corrected chi connectivity index (χ0v) is 15.3. The second-order valence-electron chi connectivity index (χ2n) is 5.53. The number of carbonyl (C=O) groups is 1. The van der Waals surface area contributed by atoms with Gasteiger partial charge < -0.3 is 10.1 Å². The van der Waals surface area contributed by atoms with E-state index in [-0.39, 0.29) is 17.6 Å². The highest BCUT2D eigenvalue weighted by Crippen LogP contribution is 2.31. The molecule has 0 bridgehead atoms. The van der Waals surface area contributed by atoms with Crippen LogP contribution in [0.1, 0.15) is 49.9 Å². The van der Waals surface area contributed by atoms with Crippen LogP contribution in [0.3, 0.4) is 0 Å². The first-order chi connectivity index (χ1) is 9.99. The molecule has 1 unspecified atom stereocenters. The molecule has 0 spiro atoms. The maximum Gasteiger partial charge on any atom is 0.251 e. The molecule has 1 fully saturated rings. The predicted octanol–water partition coefficient (Wildman–Crippen LogP) is 4.41. The number of ether oxygens (including phenoxy) is 1. The van der Waals surface area contributed by atoms with Crippen molar-refractivity contribution in [2.24, 2.45) is 0 Å². The van der Waals surface area contributed by atoms with Crippen molar-refractivity contribution in [2.45, 2.75) is 51.2 Å². The first-order valence-corrected chi connectivity index (χ1v) is 8.85. The summed E-state index contributed by atoms with van der Waals surface area (Å²) in [5.74, 6) is -0.0543. The zero-order valence-electron chi connectivity index (χ0n) is 12.4. The Morgan fingerprint density at radius 2 is 2.19 bits per heavy atom. The van der Waals surface area contributed by atoms with E-state index in [9.17, 15) is 4.79 Å². The maximum absolute atomic E-state index is 12.4. The fraction of sp³-hybridized carbons (Fsp3) is 0.562.